The second-order valence-electron chi connectivity index (χ2n) is 6.63. The van der Waals surface area contributed by atoms with Gasteiger partial charge in [-0.1, -0.05) is 0 Å². The van der Waals surface area contributed by atoms with Crippen LogP contribution in [0.15, 0.2) is 18.3 Å². The predicted molar refractivity (Wildman–Crippen MR) is 83.6 cm³/mol. The van der Waals surface area contributed by atoms with Crippen LogP contribution in [0, 0.1) is 0 Å². The maximum absolute atomic E-state index is 12.0. The van der Waals surface area contributed by atoms with Crippen LogP contribution in [0.4, 0.5) is 4.79 Å². The molecule has 1 fully saturated rings. The number of piperidine rings is 1. The van der Waals surface area contributed by atoms with E-state index in [1.165, 1.54) is 6.20 Å². The fourth-order valence-electron chi connectivity index (χ4n) is 2.36. The maximum Gasteiger partial charge on any atom is 0.410 e. The monoisotopic (exact) mass is 307 g/mol. The highest BCUT2D eigenvalue weighted by atomic mass is 16.6. The maximum atomic E-state index is 12.0. The second kappa shape index (κ2) is 6.96. The molecule has 0 unspecified atom stereocenters. The molecule has 6 heteroatoms. The molecule has 2 heterocycles. The fraction of sp³-hybridized carbons (Fsp3) is 0.625. The number of ether oxygens (including phenoxy) is 1. The van der Waals surface area contributed by atoms with Crippen LogP contribution in [0.2, 0.25) is 0 Å². The molecule has 0 atom stereocenters. The first-order valence-corrected chi connectivity index (χ1v) is 7.69. The van der Waals surface area contributed by atoms with Gasteiger partial charge in [0.2, 0.25) is 0 Å². The van der Waals surface area contributed by atoms with E-state index in [9.17, 15) is 9.90 Å². The number of likely N-dealkylation sites (tertiary alicyclic amines) is 1. The summed E-state index contributed by atoms with van der Waals surface area (Å²) >= 11 is 0. The zero-order valence-electron chi connectivity index (χ0n) is 13.5. The van der Waals surface area contributed by atoms with Crippen LogP contribution in [-0.4, -0.2) is 45.8 Å². The quantitative estimate of drug-likeness (QED) is 0.896. The van der Waals surface area contributed by atoms with E-state index in [0.29, 0.717) is 25.7 Å². The summed E-state index contributed by atoms with van der Waals surface area (Å²) in [6, 6.07) is 3.81. The highest BCUT2D eigenvalue weighted by Gasteiger charge is 2.26. The Morgan fingerprint density at radius 2 is 2.09 bits per heavy atom. The topological polar surface area (TPSA) is 74.7 Å². The van der Waals surface area contributed by atoms with Crippen LogP contribution in [0.1, 0.15) is 39.3 Å². The standard InChI is InChI=1S/C16H25N3O3/c1-16(2,3)22-15(21)19-8-6-12(7-9-19)17-10-13-4-5-14(20)11-18-13/h4-5,11-12,17,20H,6-10H2,1-3H3. The van der Waals surface area contributed by atoms with Gasteiger partial charge in [-0.05, 0) is 45.7 Å². The normalized spacial score (nSPS) is 16.6. The summed E-state index contributed by atoms with van der Waals surface area (Å²) in [5, 5.41) is 12.6. The van der Waals surface area contributed by atoms with Crippen molar-refractivity contribution in [3.63, 3.8) is 0 Å². The van der Waals surface area contributed by atoms with E-state index in [-0.39, 0.29) is 11.8 Å². The number of amides is 1. The Kier molecular flexibility index (Phi) is 5.24. The molecule has 1 saturated heterocycles. The molecule has 0 radical (unpaired) electrons. The fourth-order valence-corrected chi connectivity index (χ4v) is 2.36. The molecular formula is C16H25N3O3. The van der Waals surface area contributed by atoms with Crippen molar-refractivity contribution in [2.45, 2.75) is 51.8 Å². The molecular weight excluding hydrogens is 282 g/mol. The van der Waals surface area contributed by atoms with Crippen LogP contribution in [0.25, 0.3) is 0 Å². The van der Waals surface area contributed by atoms with Gasteiger partial charge in [0.05, 0.1) is 11.9 Å². The summed E-state index contributed by atoms with van der Waals surface area (Å²) in [5.74, 6) is 0.175. The zero-order valence-corrected chi connectivity index (χ0v) is 13.5. The molecule has 1 aliphatic rings. The molecule has 0 spiro atoms. The van der Waals surface area contributed by atoms with Crippen molar-refractivity contribution in [2.24, 2.45) is 0 Å². The molecule has 6 nitrogen and oxygen atoms in total. The third kappa shape index (κ3) is 5.18. The summed E-state index contributed by atoms with van der Waals surface area (Å²) in [6.07, 6.45) is 3.02. The number of carbonyl (C=O) groups is 1. The van der Waals surface area contributed by atoms with E-state index in [1.54, 1.807) is 17.0 Å². The Morgan fingerprint density at radius 3 is 2.64 bits per heavy atom. The molecule has 22 heavy (non-hydrogen) atoms. The number of nitrogens with zero attached hydrogens (tertiary/aromatic N) is 2. The average Bonchev–Trinajstić information content (AvgIpc) is 2.45. The van der Waals surface area contributed by atoms with Gasteiger partial charge in [-0.3, -0.25) is 4.98 Å². The Balaban J connectivity index is 1.73. The lowest BCUT2D eigenvalue weighted by Crippen LogP contribution is -2.46. The van der Waals surface area contributed by atoms with Gasteiger partial charge in [0.1, 0.15) is 11.4 Å². The number of hydrogen-bond donors (Lipinski definition) is 2. The third-order valence-electron chi connectivity index (χ3n) is 3.53. The second-order valence-corrected chi connectivity index (χ2v) is 6.63. The molecule has 0 saturated carbocycles. The van der Waals surface area contributed by atoms with Crippen molar-refractivity contribution < 1.29 is 14.6 Å². The Labute approximate surface area is 131 Å². The van der Waals surface area contributed by atoms with Crippen LogP contribution >= 0.6 is 0 Å². The van der Waals surface area contributed by atoms with Gasteiger partial charge in [0, 0.05) is 25.7 Å². The molecule has 1 amide bonds. The van der Waals surface area contributed by atoms with Gasteiger partial charge in [-0.25, -0.2) is 4.79 Å². The minimum absolute atomic E-state index is 0.175. The van der Waals surface area contributed by atoms with E-state index in [0.717, 1.165) is 18.5 Å². The summed E-state index contributed by atoms with van der Waals surface area (Å²) in [5.41, 5.74) is 0.448. The number of pyridine rings is 1. The highest BCUT2D eigenvalue weighted by Crippen LogP contribution is 2.16. The van der Waals surface area contributed by atoms with Crippen LogP contribution in [0.3, 0.4) is 0 Å². The lowest BCUT2D eigenvalue weighted by molar-refractivity contribution is 0.0198. The molecule has 0 aromatic carbocycles. The minimum atomic E-state index is -0.448. The Morgan fingerprint density at radius 1 is 1.41 bits per heavy atom. The first-order valence-electron chi connectivity index (χ1n) is 7.69. The first kappa shape index (κ1) is 16.5. The lowest BCUT2D eigenvalue weighted by atomic mass is 10.1. The zero-order chi connectivity index (χ0) is 16.2. The van der Waals surface area contributed by atoms with Crippen molar-refractivity contribution in [1.29, 1.82) is 0 Å². The molecule has 1 aliphatic heterocycles. The Bertz CT molecular complexity index is 488. The Hall–Kier alpha value is -1.82. The summed E-state index contributed by atoms with van der Waals surface area (Å²) in [7, 11) is 0. The van der Waals surface area contributed by atoms with Crippen LogP contribution < -0.4 is 5.32 Å². The smallest absolute Gasteiger partial charge is 0.410 e. The van der Waals surface area contributed by atoms with Gasteiger partial charge >= 0.3 is 6.09 Å². The number of nitrogens with one attached hydrogen (secondary N) is 1. The number of aromatic hydroxyl groups is 1. The van der Waals surface area contributed by atoms with Crippen molar-refractivity contribution >= 4 is 6.09 Å². The molecule has 1 aromatic rings. The first-order chi connectivity index (χ1) is 10.3. The van der Waals surface area contributed by atoms with E-state index in [4.69, 9.17) is 4.74 Å². The molecule has 0 bridgehead atoms. The van der Waals surface area contributed by atoms with E-state index < -0.39 is 5.60 Å². The average molecular weight is 307 g/mol. The minimum Gasteiger partial charge on any atom is -0.506 e. The van der Waals surface area contributed by atoms with Gasteiger partial charge in [0.25, 0.3) is 0 Å². The van der Waals surface area contributed by atoms with E-state index in [2.05, 4.69) is 10.3 Å². The van der Waals surface area contributed by atoms with Gasteiger partial charge in [-0.2, -0.15) is 0 Å². The number of aromatic nitrogens is 1. The lowest BCUT2D eigenvalue weighted by Gasteiger charge is -2.33. The number of hydrogen-bond acceptors (Lipinski definition) is 5. The van der Waals surface area contributed by atoms with Crippen LogP contribution in [-0.2, 0) is 11.3 Å². The number of carbonyl (C=O) groups excluding carboxylic acids is 1. The molecule has 2 rings (SSSR count). The SMILES string of the molecule is CC(C)(C)OC(=O)N1CCC(NCc2ccc(O)cn2)CC1. The largest absolute Gasteiger partial charge is 0.506 e. The van der Waals surface area contributed by atoms with Gasteiger partial charge in [-0.15, -0.1) is 0 Å². The number of rotatable bonds is 3. The molecule has 2 N–H and O–H groups in total. The molecule has 1 aromatic heterocycles. The van der Waals surface area contributed by atoms with E-state index in [1.807, 2.05) is 20.8 Å². The summed E-state index contributed by atoms with van der Waals surface area (Å²) < 4.78 is 5.39. The molecule has 0 aliphatic carbocycles. The van der Waals surface area contributed by atoms with Crippen molar-refractivity contribution in [2.75, 3.05) is 13.1 Å². The van der Waals surface area contributed by atoms with Crippen molar-refractivity contribution in [3.05, 3.63) is 24.0 Å². The van der Waals surface area contributed by atoms with Gasteiger partial charge in [0.15, 0.2) is 0 Å². The summed E-state index contributed by atoms with van der Waals surface area (Å²) in [4.78, 5) is 17.9. The van der Waals surface area contributed by atoms with E-state index >= 15 is 0 Å². The predicted octanol–water partition coefficient (Wildman–Crippen LogP) is 2.28. The highest BCUT2D eigenvalue weighted by molar-refractivity contribution is 5.68. The molecule has 122 valence electrons. The summed E-state index contributed by atoms with van der Waals surface area (Å²) in [6.45, 7) is 7.71. The van der Waals surface area contributed by atoms with Crippen molar-refractivity contribution in [3.8, 4) is 5.75 Å². The van der Waals surface area contributed by atoms with Crippen molar-refractivity contribution in [1.82, 2.24) is 15.2 Å². The van der Waals surface area contributed by atoms with Gasteiger partial charge < -0.3 is 20.1 Å². The third-order valence-corrected chi connectivity index (χ3v) is 3.53. The van der Waals surface area contributed by atoms with Crippen LogP contribution in [0.5, 0.6) is 5.75 Å².